The highest BCUT2D eigenvalue weighted by Gasteiger charge is 2.60. The van der Waals surface area contributed by atoms with Gasteiger partial charge in [-0.3, -0.25) is 0 Å². The highest BCUT2D eigenvalue weighted by atomic mass is 127. The zero-order chi connectivity index (χ0) is 13.7. The van der Waals surface area contributed by atoms with Crippen LogP contribution in [-0.2, 0) is 0 Å². The number of thioether (sulfide) groups is 1. The van der Waals surface area contributed by atoms with Crippen LogP contribution in [-0.4, -0.2) is 14.4 Å². The summed E-state index contributed by atoms with van der Waals surface area (Å²) in [5, 5.41) is 1.91. The highest BCUT2D eigenvalue weighted by molar-refractivity contribution is 14.1. The molecule has 9 unspecified atom stereocenters. The van der Waals surface area contributed by atoms with Gasteiger partial charge in [-0.2, -0.15) is 11.8 Å². The van der Waals surface area contributed by atoms with Gasteiger partial charge in [-0.25, -0.2) is 0 Å². The van der Waals surface area contributed by atoms with E-state index in [0.29, 0.717) is 0 Å². The summed E-state index contributed by atoms with van der Waals surface area (Å²) in [6, 6.07) is 0. The number of rotatable bonds is 2. The van der Waals surface area contributed by atoms with Crippen molar-refractivity contribution >= 4 is 34.4 Å². The Kier molecular flexibility index (Phi) is 4.50. The Morgan fingerprint density at radius 1 is 1.11 bits per heavy atom. The van der Waals surface area contributed by atoms with Gasteiger partial charge in [0.1, 0.15) is 0 Å². The van der Waals surface area contributed by atoms with Crippen molar-refractivity contribution in [1.82, 2.24) is 0 Å². The van der Waals surface area contributed by atoms with Crippen LogP contribution in [0.2, 0.25) is 0 Å². The topological polar surface area (TPSA) is 0 Å². The molecule has 2 heteroatoms. The van der Waals surface area contributed by atoms with Crippen LogP contribution in [0.3, 0.4) is 0 Å². The van der Waals surface area contributed by atoms with Gasteiger partial charge in [0.05, 0.1) is 0 Å². The molecule has 0 radical (unpaired) electrons. The predicted molar refractivity (Wildman–Crippen MR) is 95.1 cm³/mol. The normalized spacial score (nSPS) is 54.8. The van der Waals surface area contributed by atoms with Gasteiger partial charge in [-0.05, 0) is 54.8 Å². The van der Waals surface area contributed by atoms with Crippen molar-refractivity contribution in [3.05, 3.63) is 0 Å². The molecule has 1 heterocycles. The molecule has 1 aliphatic heterocycles. The molecule has 2 aliphatic carbocycles. The van der Waals surface area contributed by atoms with Crippen LogP contribution >= 0.6 is 34.4 Å². The van der Waals surface area contributed by atoms with E-state index in [2.05, 4.69) is 62.0 Å². The Bertz CT molecular complexity index is 331. The molecule has 0 aromatic heterocycles. The summed E-state index contributed by atoms with van der Waals surface area (Å²) >= 11 is 5.09. The minimum Gasteiger partial charge on any atom is -0.155 e. The molecule has 3 aliphatic rings. The maximum atomic E-state index is 2.74. The van der Waals surface area contributed by atoms with E-state index < -0.39 is 0 Å². The van der Waals surface area contributed by atoms with Crippen LogP contribution in [0, 0.1) is 35.5 Å². The van der Waals surface area contributed by atoms with Gasteiger partial charge >= 0.3 is 0 Å². The van der Waals surface area contributed by atoms with Gasteiger partial charge in [0.15, 0.2) is 0 Å². The average molecular weight is 392 g/mol. The predicted octanol–water partition coefficient (Wildman–Crippen LogP) is 5.64. The van der Waals surface area contributed by atoms with E-state index >= 15 is 0 Å². The van der Waals surface area contributed by atoms with Crippen LogP contribution in [0.1, 0.15) is 53.4 Å². The third-order valence-corrected chi connectivity index (χ3v) is 9.20. The van der Waals surface area contributed by atoms with Crippen LogP contribution in [0.5, 0.6) is 0 Å². The fourth-order valence-electron chi connectivity index (χ4n) is 5.35. The fraction of sp³-hybridized carbons (Fsp3) is 1.00. The largest absolute Gasteiger partial charge is 0.155 e. The van der Waals surface area contributed by atoms with Crippen molar-refractivity contribution in [2.75, 3.05) is 0 Å². The molecule has 110 valence electrons. The van der Waals surface area contributed by atoms with Crippen molar-refractivity contribution in [2.45, 2.75) is 67.8 Å². The Morgan fingerprint density at radius 2 is 1.79 bits per heavy atom. The minimum absolute atomic E-state index is 0.928. The first-order chi connectivity index (χ1) is 9.02. The van der Waals surface area contributed by atoms with Gasteiger partial charge in [-0.15, -0.1) is 0 Å². The Labute approximate surface area is 137 Å². The molecule has 0 N–H and O–H groups in total. The van der Waals surface area contributed by atoms with Crippen LogP contribution < -0.4 is 0 Å². The second kappa shape index (κ2) is 5.70. The van der Waals surface area contributed by atoms with Crippen molar-refractivity contribution < 1.29 is 0 Å². The van der Waals surface area contributed by atoms with E-state index in [1.165, 1.54) is 25.7 Å². The lowest BCUT2D eigenvalue weighted by atomic mass is 9.52. The molecule has 0 amide bonds. The fourth-order valence-corrected chi connectivity index (χ4v) is 8.89. The average Bonchev–Trinajstić information content (AvgIpc) is 2.59. The molecule has 3 fully saturated rings. The van der Waals surface area contributed by atoms with E-state index in [1.54, 1.807) is 0 Å². The highest BCUT2D eigenvalue weighted by Crippen LogP contribution is 2.66. The molecule has 0 bridgehead atoms. The first-order valence-corrected chi connectivity index (χ1v) is 10.5. The standard InChI is InChI=1S/C17H29IS/c1-5-10(3)17-16-14-8-12(18)6-9(2)7-13(14)15(16)11(4)19-17/h9-17H,5-8H2,1-4H3. The van der Waals surface area contributed by atoms with Crippen molar-refractivity contribution in [3.63, 3.8) is 0 Å². The molecule has 9 atom stereocenters. The Hall–Kier alpha value is 1.08. The van der Waals surface area contributed by atoms with Gasteiger partial charge < -0.3 is 0 Å². The van der Waals surface area contributed by atoms with Crippen LogP contribution in [0.4, 0.5) is 0 Å². The van der Waals surface area contributed by atoms with Crippen molar-refractivity contribution in [3.8, 4) is 0 Å². The number of alkyl halides is 1. The zero-order valence-corrected chi connectivity index (χ0v) is 15.8. The SMILES string of the molecule is CCC(C)C1SC(C)C2C3CC(C)CC(I)CC3C12. The van der Waals surface area contributed by atoms with Crippen molar-refractivity contribution in [2.24, 2.45) is 35.5 Å². The first kappa shape index (κ1) is 15.0. The summed E-state index contributed by atoms with van der Waals surface area (Å²) in [4.78, 5) is 0. The van der Waals surface area contributed by atoms with E-state index in [-0.39, 0.29) is 0 Å². The second-order valence-electron chi connectivity index (χ2n) is 7.58. The smallest absolute Gasteiger partial charge is 0.0115 e. The molecule has 3 rings (SSSR count). The number of hydrogen-bond donors (Lipinski definition) is 0. The molecule has 0 aromatic rings. The lowest BCUT2D eigenvalue weighted by Gasteiger charge is -2.52. The van der Waals surface area contributed by atoms with Gasteiger partial charge in [0.25, 0.3) is 0 Å². The van der Waals surface area contributed by atoms with Gasteiger partial charge in [-0.1, -0.05) is 56.7 Å². The minimum atomic E-state index is 0.928. The van der Waals surface area contributed by atoms with Gasteiger partial charge in [0, 0.05) is 14.4 Å². The molecule has 19 heavy (non-hydrogen) atoms. The maximum Gasteiger partial charge on any atom is 0.0115 e. The molecule has 0 aromatic carbocycles. The molecular formula is C17H29IS. The number of halogens is 1. The van der Waals surface area contributed by atoms with Gasteiger partial charge in [0.2, 0.25) is 0 Å². The van der Waals surface area contributed by atoms with E-state index in [9.17, 15) is 0 Å². The monoisotopic (exact) mass is 392 g/mol. The summed E-state index contributed by atoms with van der Waals surface area (Å²) in [6.07, 6.45) is 5.90. The summed E-state index contributed by atoms with van der Waals surface area (Å²) in [5.74, 6) is 6.19. The quantitative estimate of drug-likeness (QED) is 0.433. The molecule has 1 saturated heterocycles. The van der Waals surface area contributed by atoms with Crippen LogP contribution in [0.25, 0.3) is 0 Å². The third kappa shape index (κ3) is 2.51. The first-order valence-electron chi connectivity index (χ1n) is 8.32. The zero-order valence-electron chi connectivity index (χ0n) is 12.8. The second-order valence-corrected chi connectivity index (χ2v) is 10.9. The maximum absolute atomic E-state index is 2.74. The summed E-state index contributed by atoms with van der Waals surface area (Å²) in [7, 11) is 0. The van der Waals surface area contributed by atoms with Crippen molar-refractivity contribution in [1.29, 1.82) is 0 Å². The lowest BCUT2D eigenvalue weighted by Crippen LogP contribution is -2.51. The van der Waals surface area contributed by atoms with E-state index in [4.69, 9.17) is 0 Å². The molecule has 2 saturated carbocycles. The molecule has 0 spiro atoms. The molecule has 0 nitrogen and oxygen atoms in total. The number of hydrogen-bond acceptors (Lipinski definition) is 1. The van der Waals surface area contributed by atoms with Crippen LogP contribution in [0.15, 0.2) is 0 Å². The summed E-state index contributed by atoms with van der Waals surface area (Å²) < 4.78 is 0.946. The molecular weight excluding hydrogens is 363 g/mol. The lowest BCUT2D eigenvalue weighted by molar-refractivity contribution is -0.0272. The Morgan fingerprint density at radius 3 is 2.47 bits per heavy atom. The summed E-state index contributed by atoms with van der Waals surface area (Å²) in [6.45, 7) is 9.91. The van der Waals surface area contributed by atoms with E-state index in [0.717, 1.165) is 49.9 Å². The number of fused-ring (bicyclic) bond motifs is 4. The third-order valence-electron chi connectivity index (χ3n) is 6.34. The Balaban J connectivity index is 1.79. The summed E-state index contributed by atoms with van der Waals surface area (Å²) in [5.41, 5.74) is 0. The van der Waals surface area contributed by atoms with E-state index in [1.807, 2.05) is 0 Å².